The molecule has 2 saturated heterocycles. The largest absolute Gasteiger partial charge is 0.463 e. The second-order valence-electron chi connectivity index (χ2n) is 15.3. The molecular formula is C33H58ClN3O8. The van der Waals surface area contributed by atoms with Gasteiger partial charge in [-0.05, 0) is 80.4 Å². The average Bonchev–Trinajstić information content (AvgIpc) is 2.94. The van der Waals surface area contributed by atoms with Crippen molar-refractivity contribution < 1.29 is 38.4 Å². The minimum atomic E-state index is -1.48. The van der Waals surface area contributed by atoms with E-state index < -0.39 is 46.9 Å². The molecule has 0 unspecified atom stereocenters. The summed E-state index contributed by atoms with van der Waals surface area (Å²) in [5.41, 5.74) is -3.29. The van der Waals surface area contributed by atoms with E-state index in [1.54, 1.807) is 27.9 Å². The molecule has 0 bridgehead atoms. The number of hydrogen-bond acceptors (Lipinski definition) is 10. The number of aliphatic hydroxyl groups is 1. The number of halogens is 1. The zero-order valence-electron chi connectivity index (χ0n) is 29.3. The Labute approximate surface area is 275 Å². The summed E-state index contributed by atoms with van der Waals surface area (Å²) in [6.07, 6.45) is -0.556. The molecule has 12 heteroatoms. The summed E-state index contributed by atoms with van der Waals surface area (Å²) < 4.78 is 24.9. The summed E-state index contributed by atoms with van der Waals surface area (Å²) in [6, 6.07) is -0.197. The fraction of sp³-hybridized carbons (Fsp3) is 0.909. The van der Waals surface area contributed by atoms with Gasteiger partial charge in [-0.25, -0.2) is 0 Å². The molecule has 8 atom stereocenters. The molecule has 1 saturated carbocycles. The monoisotopic (exact) mass is 659 g/mol. The van der Waals surface area contributed by atoms with Gasteiger partial charge in [0.1, 0.15) is 18.1 Å². The first-order chi connectivity index (χ1) is 20.8. The van der Waals surface area contributed by atoms with E-state index in [2.05, 4.69) is 17.1 Å². The molecule has 3 aliphatic rings. The molecule has 45 heavy (non-hydrogen) atoms. The van der Waals surface area contributed by atoms with Gasteiger partial charge in [0.05, 0.1) is 23.3 Å². The van der Waals surface area contributed by atoms with Crippen LogP contribution in [0.5, 0.6) is 0 Å². The molecule has 0 aromatic rings. The molecule has 2 N–H and O–H groups in total. The third-order valence-electron chi connectivity index (χ3n) is 10.6. The van der Waals surface area contributed by atoms with Crippen LogP contribution in [0.15, 0.2) is 0 Å². The normalized spacial score (nSPS) is 41.9. The van der Waals surface area contributed by atoms with Crippen LogP contribution in [0, 0.1) is 22.7 Å². The Morgan fingerprint density at radius 1 is 1.18 bits per heavy atom. The maximum atomic E-state index is 14.2. The zero-order valence-corrected chi connectivity index (χ0v) is 30.0. The second-order valence-corrected chi connectivity index (χ2v) is 15.6. The van der Waals surface area contributed by atoms with Crippen molar-refractivity contribution in [3.05, 3.63) is 0 Å². The number of amides is 1. The second kappa shape index (κ2) is 14.4. The smallest absolute Gasteiger partial charge is 0.319 e. The van der Waals surface area contributed by atoms with Crippen LogP contribution in [0.2, 0.25) is 0 Å². The van der Waals surface area contributed by atoms with Crippen LogP contribution in [0.1, 0.15) is 74.1 Å². The van der Waals surface area contributed by atoms with E-state index in [4.69, 9.17) is 30.5 Å². The summed E-state index contributed by atoms with van der Waals surface area (Å²) in [7, 11) is 7.44. The molecule has 0 aromatic carbocycles. The van der Waals surface area contributed by atoms with Crippen LogP contribution in [0.25, 0.3) is 0 Å². The summed E-state index contributed by atoms with van der Waals surface area (Å²) >= 11 is 6.45. The van der Waals surface area contributed by atoms with Gasteiger partial charge in [0.15, 0.2) is 12.1 Å². The van der Waals surface area contributed by atoms with Gasteiger partial charge in [-0.2, -0.15) is 0 Å². The first-order valence-corrected chi connectivity index (χ1v) is 16.7. The topological polar surface area (TPSA) is 127 Å². The van der Waals surface area contributed by atoms with E-state index in [0.29, 0.717) is 44.7 Å². The van der Waals surface area contributed by atoms with E-state index in [1.165, 1.54) is 6.92 Å². The summed E-state index contributed by atoms with van der Waals surface area (Å²) in [5.74, 6) is -1.44. The molecule has 2 aliphatic heterocycles. The number of ketones is 1. The molecule has 260 valence electrons. The number of likely N-dealkylation sites (N-methyl/N-ethyl adjacent to an activating group) is 2. The number of carbonyl (C=O) groups excluding carboxylic acids is 3. The average molecular weight is 660 g/mol. The third-order valence-corrected chi connectivity index (χ3v) is 11.2. The lowest BCUT2D eigenvalue weighted by molar-refractivity contribution is -0.295. The maximum absolute atomic E-state index is 14.2. The van der Waals surface area contributed by atoms with Crippen LogP contribution in [0.3, 0.4) is 0 Å². The van der Waals surface area contributed by atoms with Crippen molar-refractivity contribution in [3.8, 4) is 0 Å². The molecule has 1 amide bonds. The van der Waals surface area contributed by atoms with Crippen molar-refractivity contribution in [1.82, 2.24) is 15.1 Å². The number of rotatable bonds is 7. The Kier molecular flexibility index (Phi) is 12.2. The third kappa shape index (κ3) is 8.04. The molecule has 0 radical (unpaired) electrons. The molecular weight excluding hydrogens is 602 g/mol. The Bertz CT molecular complexity index is 1070. The van der Waals surface area contributed by atoms with Crippen molar-refractivity contribution in [1.29, 1.82) is 0 Å². The van der Waals surface area contributed by atoms with Crippen LogP contribution in [0.4, 0.5) is 0 Å². The van der Waals surface area contributed by atoms with Crippen LogP contribution in [-0.4, -0.2) is 128 Å². The predicted octanol–water partition coefficient (Wildman–Crippen LogP) is 2.84. The van der Waals surface area contributed by atoms with E-state index in [1.807, 2.05) is 39.9 Å². The van der Waals surface area contributed by atoms with Crippen LogP contribution < -0.4 is 5.32 Å². The van der Waals surface area contributed by atoms with Crippen molar-refractivity contribution in [3.63, 3.8) is 0 Å². The lowest BCUT2D eigenvalue weighted by Gasteiger charge is -2.59. The quantitative estimate of drug-likeness (QED) is 0.239. The van der Waals surface area contributed by atoms with E-state index in [-0.39, 0.29) is 41.8 Å². The number of carbonyl (C=O) groups is 3. The molecule has 0 aromatic heterocycles. The van der Waals surface area contributed by atoms with Gasteiger partial charge in [-0.15, -0.1) is 11.6 Å². The SMILES string of the molecule is CO[C@]1(C)C[C@@H](C)CN(C)C2(COC(=O)C(C)(C)C(=O)[C@H](C)[C@H]1O[C@@H]1O[C@H](C)C[C@H](N(C)C)[C@H]1O)CC(CCl)(CNC(C)=O)C2. The van der Waals surface area contributed by atoms with E-state index in [9.17, 15) is 19.5 Å². The minimum absolute atomic E-state index is 0.0710. The summed E-state index contributed by atoms with van der Waals surface area (Å²) in [6.45, 7) is 13.6. The van der Waals surface area contributed by atoms with Crippen molar-refractivity contribution in [2.45, 2.75) is 116 Å². The number of methoxy groups -OCH3 is 1. The minimum Gasteiger partial charge on any atom is -0.463 e. The van der Waals surface area contributed by atoms with Crippen molar-refractivity contribution in [2.75, 3.05) is 53.8 Å². The van der Waals surface area contributed by atoms with E-state index >= 15 is 0 Å². The van der Waals surface area contributed by atoms with Gasteiger partial charge in [0.25, 0.3) is 0 Å². The highest BCUT2D eigenvalue weighted by Gasteiger charge is 2.58. The fourth-order valence-corrected chi connectivity index (χ4v) is 8.20. The fourth-order valence-electron chi connectivity index (χ4n) is 7.92. The van der Waals surface area contributed by atoms with Crippen LogP contribution in [-0.2, 0) is 33.3 Å². The number of ether oxygens (including phenoxy) is 4. The Morgan fingerprint density at radius 2 is 1.80 bits per heavy atom. The predicted molar refractivity (Wildman–Crippen MR) is 172 cm³/mol. The molecule has 1 aliphatic carbocycles. The van der Waals surface area contributed by atoms with Crippen molar-refractivity contribution >= 4 is 29.3 Å². The molecule has 1 spiro atoms. The van der Waals surface area contributed by atoms with Gasteiger partial charge in [0, 0.05) is 50.4 Å². The Hall–Kier alpha value is -1.34. The molecule has 3 rings (SSSR count). The lowest BCUT2D eigenvalue weighted by Crippen LogP contribution is -2.67. The van der Waals surface area contributed by atoms with E-state index in [0.717, 1.165) is 0 Å². The summed E-state index contributed by atoms with van der Waals surface area (Å²) in [4.78, 5) is 43.8. The Morgan fingerprint density at radius 3 is 2.33 bits per heavy atom. The highest BCUT2D eigenvalue weighted by atomic mass is 35.5. The van der Waals surface area contributed by atoms with Gasteiger partial charge >= 0.3 is 5.97 Å². The highest BCUT2D eigenvalue weighted by molar-refractivity contribution is 6.18. The maximum Gasteiger partial charge on any atom is 0.319 e. The first-order valence-electron chi connectivity index (χ1n) is 16.2. The standard InChI is InChI=1S/C33H58ClN3O8/c1-20-13-31(7,42-11)27(45-28-25(39)24(36(8)9)12-21(2)44-28)22(3)26(40)30(5,6)29(41)43-19-33(37(10)14-20)15-32(16-33,17-34)18-35-23(4)38/h20-22,24-25,27-28,39H,12-19H2,1-11H3,(H,35,38)/t20-,21-,22+,24+,25-,27-,28+,31-,32?,33?/m1/s1. The first kappa shape index (κ1) is 38.1. The number of esters is 1. The molecule has 2 heterocycles. The van der Waals surface area contributed by atoms with Gasteiger partial charge < -0.3 is 34.3 Å². The van der Waals surface area contributed by atoms with Gasteiger partial charge in [-0.1, -0.05) is 13.8 Å². The highest BCUT2D eigenvalue weighted by Crippen LogP contribution is 2.53. The number of aliphatic hydroxyl groups excluding tert-OH is 1. The summed E-state index contributed by atoms with van der Waals surface area (Å²) in [5, 5.41) is 14.2. The number of alkyl halides is 1. The number of nitrogens with zero attached hydrogens (tertiary/aromatic N) is 2. The van der Waals surface area contributed by atoms with Gasteiger partial charge in [0.2, 0.25) is 5.91 Å². The van der Waals surface area contributed by atoms with Crippen LogP contribution >= 0.6 is 11.6 Å². The lowest BCUT2D eigenvalue weighted by atomic mass is 9.57. The number of cyclic esters (lactones) is 1. The van der Waals surface area contributed by atoms with Gasteiger partial charge in [-0.3, -0.25) is 19.3 Å². The zero-order chi connectivity index (χ0) is 34.1. The number of nitrogens with one attached hydrogen (secondary N) is 1. The molecule has 11 nitrogen and oxygen atoms in total. The van der Waals surface area contributed by atoms with Crippen molar-refractivity contribution in [2.24, 2.45) is 22.7 Å². The Balaban J connectivity index is 1.99. The number of hydrogen-bond donors (Lipinski definition) is 2. The molecule has 3 fully saturated rings. The number of Topliss-reactive ketones (excluding diaryl/α,β-unsaturated/α-hetero) is 1.